The van der Waals surface area contributed by atoms with Crippen LogP contribution in [0, 0.1) is 0 Å². The van der Waals surface area contributed by atoms with E-state index >= 15 is 0 Å². The molecule has 0 saturated heterocycles. The van der Waals surface area contributed by atoms with Gasteiger partial charge in [-0.1, -0.05) is 18.7 Å². The number of rotatable bonds is 5. The van der Waals surface area contributed by atoms with Gasteiger partial charge in [0.25, 0.3) is 5.22 Å². The predicted octanol–water partition coefficient (Wildman–Crippen LogP) is 0.655. The molecule has 1 unspecified atom stereocenters. The van der Waals surface area contributed by atoms with E-state index in [0.717, 1.165) is 0 Å². The lowest BCUT2D eigenvalue weighted by atomic mass is 10.5. The Morgan fingerprint density at radius 3 is 2.92 bits per heavy atom. The molecule has 1 aromatic rings. The van der Waals surface area contributed by atoms with Crippen molar-refractivity contribution in [2.45, 2.75) is 23.9 Å². The topological polar surface area (TPSA) is 74.2 Å². The molecule has 1 atom stereocenters. The molecule has 6 heteroatoms. The van der Waals surface area contributed by atoms with Gasteiger partial charge >= 0.3 is 0 Å². The summed E-state index contributed by atoms with van der Waals surface area (Å²) in [6.45, 7) is 2.97. The second-order valence-corrected chi connectivity index (χ2v) is 3.94. The van der Waals surface area contributed by atoms with E-state index in [1.807, 2.05) is 6.92 Å². The quantitative estimate of drug-likeness (QED) is 0.708. The molecular weight excluding hydrogens is 190 g/mol. The third kappa shape index (κ3) is 3.33. The van der Waals surface area contributed by atoms with Gasteiger partial charge in [-0.2, -0.15) is 0 Å². The molecule has 5 nitrogen and oxygen atoms in total. The van der Waals surface area contributed by atoms with Crippen LogP contribution in [-0.4, -0.2) is 29.2 Å². The molecular formula is C7H13N3O2S. The Morgan fingerprint density at radius 1 is 1.62 bits per heavy atom. The third-order valence-electron chi connectivity index (χ3n) is 1.33. The minimum Gasteiger partial charge on any atom is -0.415 e. The maximum absolute atomic E-state index is 5.32. The van der Waals surface area contributed by atoms with Crippen molar-refractivity contribution in [1.29, 1.82) is 0 Å². The zero-order chi connectivity index (χ0) is 9.68. The van der Waals surface area contributed by atoms with Crippen LogP contribution < -0.4 is 5.73 Å². The van der Waals surface area contributed by atoms with Gasteiger partial charge in [0.05, 0.1) is 13.2 Å². The van der Waals surface area contributed by atoms with Crippen molar-refractivity contribution < 1.29 is 9.15 Å². The van der Waals surface area contributed by atoms with Crippen molar-refractivity contribution in [2.75, 3.05) is 13.7 Å². The van der Waals surface area contributed by atoms with Crippen LogP contribution in [0.15, 0.2) is 9.64 Å². The fourth-order valence-electron chi connectivity index (χ4n) is 0.809. The summed E-state index contributed by atoms with van der Waals surface area (Å²) in [5.74, 6) is 0.465. The summed E-state index contributed by atoms with van der Waals surface area (Å²) in [6, 6.07) is 0. The number of ether oxygens (including phenoxy) is 1. The molecule has 0 radical (unpaired) electrons. The molecule has 0 amide bonds. The van der Waals surface area contributed by atoms with Crippen molar-refractivity contribution in [3.63, 3.8) is 0 Å². The fraction of sp³-hybridized carbons (Fsp3) is 0.714. The summed E-state index contributed by atoms with van der Waals surface area (Å²) < 4.78 is 10.2. The molecule has 0 spiro atoms. The van der Waals surface area contributed by atoms with Gasteiger partial charge in [0.15, 0.2) is 0 Å². The molecule has 0 fully saturated rings. The zero-order valence-electron chi connectivity index (χ0n) is 7.69. The first-order valence-corrected chi connectivity index (χ1v) is 4.82. The second-order valence-electron chi connectivity index (χ2n) is 2.55. The maximum Gasteiger partial charge on any atom is 0.276 e. The van der Waals surface area contributed by atoms with Gasteiger partial charge in [0, 0.05) is 12.4 Å². The maximum atomic E-state index is 5.32. The van der Waals surface area contributed by atoms with E-state index in [1.165, 1.54) is 11.8 Å². The van der Waals surface area contributed by atoms with Crippen LogP contribution in [-0.2, 0) is 11.3 Å². The van der Waals surface area contributed by atoms with Gasteiger partial charge in [0.1, 0.15) is 0 Å². The van der Waals surface area contributed by atoms with Crippen molar-refractivity contribution >= 4 is 11.8 Å². The van der Waals surface area contributed by atoms with Gasteiger partial charge in [-0.3, -0.25) is 0 Å². The smallest absolute Gasteiger partial charge is 0.276 e. The highest BCUT2D eigenvalue weighted by Gasteiger charge is 2.09. The lowest BCUT2D eigenvalue weighted by Gasteiger charge is -2.04. The van der Waals surface area contributed by atoms with Gasteiger partial charge in [-0.15, -0.1) is 10.2 Å². The fourth-order valence-corrected chi connectivity index (χ4v) is 1.59. The molecule has 74 valence electrons. The van der Waals surface area contributed by atoms with Crippen LogP contribution in [0.2, 0.25) is 0 Å². The van der Waals surface area contributed by atoms with Crippen LogP contribution in [0.1, 0.15) is 12.8 Å². The molecule has 2 N–H and O–H groups in total. The molecule has 1 heterocycles. The number of thioether (sulfide) groups is 1. The molecule has 1 aromatic heterocycles. The SMILES string of the molecule is COCC(C)Sc1nnc(CN)o1. The highest BCUT2D eigenvalue weighted by molar-refractivity contribution is 7.99. The van der Waals surface area contributed by atoms with Crippen molar-refractivity contribution in [3.05, 3.63) is 5.89 Å². The monoisotopic (exact) mass is 203 g/mol. The van der Waals surface area contributed by atoms with Crippen LogP contribution in [0.3, 0.4) is 0 Å². The van der Waals surface area contributed by atoms with Crippen molar-refractivity contribution in [1.82, 2.24) is 10.2 Å². The summed E-state index contributed by atoms with van der Waals surface area (Å²) in [5, 5.41) is 8.41. The van der Waals surface area contributed by atoms with E-state index in [0.29, 0.717) is 23.0 Å². The average molecular weight is 203 g/mol. The molecule has 0 aliphatic rings. The molecule has 0 saturated carbocycles. The second kappa shape index (κ2) is 5.21. The van der Waals surface area contributed by atoms with Crippen LogP contribution >= 0.6 is 11.8 Å². The number of hydrogen-bond acceptors (Lipinski definition) is 6. The van der Waals surface area contributed by atoms with E-state index in [1.54, 1.807) is 7.11 Å². The Labute approximate surface area is 81.0 Å². The van der Waals surface area contributed by atoms with Gasteiger partial charge in [-0.25, -0.2) is 0 Å². The van der Waals surface area contributed by atoms with Gasteiger partial charge in [-0.05, 0) is 0 Å². The Balaban J connectivity index is 2.44. The van der Waals surface area contributed by atoms with Gasteiger partial charge in [0.2, 0.25) is 5.89 Å². The number of hydrogen-bond donors (Lipinski definition) is 1. The average Bonchev–Trinajstić information content (AvgIpc) is 2.52. The Morgan fingerprint density at radius 2 is 2.38 bits per heavy atom. The highest BCUT2D eigenvalue weighted by Crippen LogP contribution is 2.21. The normalized spacial score (nSPS) is 13.2. The minimum atomic E-state index is 0.284. The summed E-state index contributed by atoms with van der Waals surface area (Å²) in [4.78, 5) is 0. The van der Waals surface area contributed by atoms with E-state index in [4.69, 9.17) is 14.9 Å². The Hall–Kier alpha value is -0.590. The molecule has 0 bridgehead atoms. The summed E-state index contributed by atoms with van der Waals surface area (Å²) in [6.07, 6.45) is 0. The largest absolute Gasteiger partial charge is 0.415 e. The third-order valence-corrected chi connectivity index (χ3v) is 2.23. The summed E-state index contributed by atoms with van der Waals surface area (Å²) >= 11 is 1.48. The van der Waals surface area contributed by atoms with E-state index in [9.17, 15) is 0 Å². The lowest BCUT2D eigenvalue weighted by Crippen LogP contribution is -2.04. The number of nitrogens with zero attached hydrogens (tertiary/aromatic N) is 2. The Kier molecular flexibility index (Phi) is 4.20. The van der Waals surface area contributed by atoms with E-state index < -0.39 is 0 Å². The van der Waals surface area contributed by atoms with Crippen LogP contribution in [0.5, 0.6) is 0 Å². The molecule has 0 aliphatic carbocycles. The molecule has 13 heavy (non-hydrogen) atoms. The molecule has 0 aliphatic heterocycles. The van der Waals surface area contributed by atoms with Crippen molar-refractivity contribution in [2.24, 2.45) is 5.73 Å². The summed E-state index contributed by atoms with van der Waals surface area (Å²) in [7, 11) is 1.66. The highest BCUT2D eigenvalue weighted by atomic mass is 32.2. The first-order chi connectivity index (χ1) is 6.26. The van der Waals surface area contributed by atoms with Gasteiger partial charge < -0.3 is 14.9 Å². The number of nitrogens with two attached hydrogens (primary N) is 1. The van der Waals surface area contributed by atoms with E-state index in [-0.39, 0.29) is 6.54 Å². The van der Waals surface area contributed by atoms with E-state index in [2.05, 4.69) is 10.2 Å². The van der Waals surface area contributed by atoms with Crippen molar-refractivity contribution in [3.8, 4) is 0 Å². The minimum absolute atomic E-state index is 0.284. The Bertz CT molecular complexity index is 254. The molecule has 0 aromatic carbocycles. The van der Waals surface area contributed by atoms with Crippen LogP contribution in [0.4, 0.5) is 0 Å². The number of aromatic nitrogens is 2. The standard InChI is InChI=1S/C7H13N3O2S/c1-5(4-11-2)13-7-10-9-6(3-8)12-7/h5H,3-4,8H2,1-2H3. The first-order valence-electron chi connectivity index (χ1n) is 3.94. The number of methoxy groups -OCH3 is 1. The first kappa shape index (κ1) is 10.5. The predicted molar refractivity (Wildman–Crippen MR) is 49.4 cm³/mol. The summed E-state index contributed by atoms with van der Waals surface area (Å²) in [5.41, 5.74) is 5.32. The van der Waals surface area contributed by atoms with Crippen LogP contribution in [0.25, 0.3) is 0 Å². The zero-order valence-corrected chi connectivity index (χ0v) is 8.50. The molecule has 1 rings (SSSR count). The lowest BCUT2D eigenvalue weighted by molar-refractivity contribution is 0.202.